The predicted molar refractivity (Wildman–Crippen MR) is 79.2 cm³/mol. The Bertz CT molecular complexity index is 555. The van der Waals surface area contributed by atoms with Gasteiger partial charge in [0, 0.05) is 31.1 Å². The number of carboxylic acid groups (broad SMARTS) is 1. The van der Waals surface area contributed by atoms with Crippen LogP contribution in [-0.2, 0) is 9.59 Å². The van der Waals surface area contributed by atoms with Crippen molar-refractivity contribution in [3.05, 3.63) is 29.3 Å². The van der Waals surface area contributed by atoms with Gasteiger partial charge in [0.05, 0.1) is 0 Å². The first-order chi connectivity index (χ1) is 9.83. The lowest BCUT2D eigenvalue weighted by Gasteiger charge is -2.12. The molecule has 0 bridgehead atoms. The molecule has 0 saturated heterocycles. The number of carboxylic acids is 1. The summed E-state index contributed by atoms with van der Waals surface area (Å²) in [6, 6.07) is 5.03. The van der Waals surface area contributed by atoms with Gasteiger partial charge in [-0.3, -0.25) is 14.4 Å². The molecule has 0 fully saturated rings. The second kappa shape index (κ2) is 7.42. The standard InChI is InChI=1S/C15H20N2O4/c1-9(7-14(19)20)6-13(18)17-12-8-11(15(21)16-3)5-4-10(12)2/h4-5,8-9H,6-7H2,1-3H3,(H,16,21)(H,17,18)(H,19,20). The second-order valence-corrected chi connectivity index (χ2v) is 5.06. The van der Waals surface area contributed by atoms with Crippen molar-refractivity contribution in [1.82, 2.24) is 5.32 Å². The van der Waals surface area contributed by atoms with E-state index in [-0.39, 0.29) is 30.6 Å². The summed E-state index contributed by atoms with van der Waals surface area (Å²) in [5, 5.41) is 13.9. The highest BCUT2D eigenvalue weighted by molar-refractivity contribution is 5.97. The first-order valence-corrected chi connectivity index (χ1v) is 6.67. The third-order valence-corrected chi connectivity index (χ3v) is 3.06. The first kappa shape index (κ1) is 16.7. The molecule has 2 amide bonds. The molecular weight excluding hydrogens is 272 g/mol. The Balaban J connectivity index is 2.75. The highest BCUT2D eigenvalue weighted by atomic mass is 16.4. The number of aryl methyl sites for hydroxylation is 1. The maximum absolute atomic E-state index is 11.9. The lowest BCUT2D eigenvalue weighted by Crippen LogP contribution is -2.20. The average molecular weight is 292 g/mol. The van der Waals surface area contributed by atoms with Crippen molar-refractivity contribution < 1.29 is 19.5 Å². The van der Waals surface area contributed by atoms with E-state index in [2.05, 4.69) is 10.6 Å². The van der Waals surface area contributed by atoms with Crippen molar-refractivity contribution in [2.24, 2.45) is 5.92 Å². The molecule has 1 aromatic carbocycles. The minimum Gasteiger partial charge on any atom is -0.481 e. The molecule has 0 heterocycles. The van der Waals surface area contributed by atoms with Gasteiger partial charge in [0.15, 0.2) is 0 Å². The molecule has 0 aliphatic heterocycles. The van der Waals surface area contributed by atoms with E-state index < -0.39 is 5.97 Å². The summed E-state index contributed by atoms with van der Waals surface area (Å²) in [4.78, 5) is 34.1. The number of carbonyl (C=O) groups excluding carboxylic acids is 2. The Kier molecular flexibility index (Phi) is 5.90. The Morgan fingerprint density at radius 1 is 1.24 bits per heavy atom. The topological polar surface area (TPSA) is 95.5 Å². The van der Waals surface area contributed by atoms with Crippen LogP contribution >= 0.6 is 0 Å². The van der Waals surface area contributed by atoms with E-state index in [9.17, 15) is 14.4 Å². The van der Waals surface area contributed by atoms with E-state index in [0.29, 0.717) is 11.3 Å². The third kappa shape index (κ3) is 5.25. The van der Waals surface area contributed by atoms with Crippen LogP contribution in [-0.4, -0.2) is 29.9 Å². The van der Waals surface area contributed by atoms with Gasteiger partial charge in [-0.05, 0) is 30.5 Å². The molecule has 114 valence electrons. The molecule has 3 N–H and O–H groups in total. The fraction of sp³-hybridized carbons (Fsp3) is 0.400. The number of nitrogens with one attached hydrogen (secondary N) is 2. The lowest BCUT2D eigenvalue weighted by atomic mass is 10.0. The van der Waals surface area contributed by atoms with Gasteiger partial charge < -0.3 is 15.7 Å². The van der Waals surface area contributed by atoms with Crippen molar-refractivity contribution >= 4 is 23.5 Å². The van der Waals surface area contributed by atoms with Crippen LogP contribution in [0, 0.1) is 12.8 Å². The van der Waals surface area contributed by atoms with Crippen molar-refractivity contribution in [2.45, 2.75) is 26.7 Å². The summed E-state index contributed by atoms with van der Waals surface area (Å²) in [6.45, 7) is 3.53. The predicted octanol–water partition coefficient (Wildman–Crippen LogP) is 1.79. The van der Waals surface area contributed by atoms with Crippen molar-refractivity contribution in [2.75, 3.05) is 12.4 Å². The largest absolute Gasteiger partial charge is 0.481 e. The van der Waals surface area contributed by atoms with E-state index >= 15 is 0 Å². The minimum absolute atomic E-state index is 0.0509. The Hall–Kier alpha value is -2.37. The van der Waals surface area contributed by atoms with Crippen LogP contribution in [0.3, 0.4) is 0 Å². The highest BCUT2D eigenvalue weighted by Crippen LogP contribution is 2.18. The van der Waals surface area contributed by atoms with Crippen molar-refractivity contribution in [3.8, 4) is 0 Å². The molecule has 1 unspecified atom stereocenters. The molecule has 6 heteroatoms. The monoisotopic (exact) mass is 292 g/mol. The number of benzene rings is 1. The third-order valence-electron chi connectivity index (χ3n) is 3.06. The summed E-state index contributed by atoms with van der Waals surface area (Å²) in [5.74, 6) is -1.66. The minimum atomic E-state index is -0.923. The molecule has 1 aromatic rings. The maximum Gasteiger partial charge on any atom is 0.303 e. The summed E-state index contributed by atoms with van der Waals surface area (Å²) in [5.41, 5.74) is 1.85. The number of amides is 2. The van der Waals surface area contributed by atoms with E-state index in [4.69, 9.17) is 5.11 Å². The molecule has 0 aromatic heterocycles. The van der Waals surface area contributed by atoms with Crippen LogP contribution in [0.2, 0.25) is 0 Å². The number of rotatable bonds is 6. The SMILES string of the molecule is CNC(=O)c1ccc(C)c(NC(=O)CC(C)CC(=O)O)c1. The number of carbonyl (C=O) groups is 3. The molecule has 0 radical (unpaired) electrons. The molecule has 1 atom stereocenters. The van der Waals surface area contributed by atoms with Gasteiger partial charge in [0.25, 0.3) is 5.91 Å². The highest BCUT2D eigenvalue weighted by Gasteiger charge is 2.14. The van der Waals surface area contributed by atoms with Crippen LogP contribution in [0.1, 0.15) is 35.7 Å². The average Bonchev–Trinajstić information content (AvgIpc) is 2.39. The molecule has 0 aliphatic carbocycles. The Labute approximate surface area is 123 Å². The van der Waals surface area contributed by atoms with Crippen molar-refractivity contribution in [3.63, 3.8) is 0 Å². The van der Waals surface area contributed by atoms with Crippen LogP contribution in [0.15, 0.2) is 18.2 Å². The normalized spacial score (nSPS) is 11.6. The number of aliphatic carboxylic acids is 1. The molecular formula is C15H20N2O4. The van der Waals surface area contributed by atoms with Gasteiger partial charge in [-0.25, -0.2) is 0 Å². The van der Waals surface area contributed by atoms with E-state index in [0.717, 1.165) is 5.56 Å². The van der Waals surface area contributed by atoms with E-state index in [1.165, 1.54) is 7.05 Å². The van der Waals surface area contributed by atoms with Crippen LogP contribution in [0.25, 0.3) is 0 Å². The Morgan fingerprint density at radius 2 is 1.90 bits per heavy atom. The smallest absolute Gasteiger partial charge is 0.303 e. The van der Waals surface area contributed by atoms with Gasteiger partial charge in [0.1, 0.15) is 0 Å². The number of anilines is 1. The zero-order valence-electron chi connectivity index (χ0n) is 12.4. The fourth-order valence-electron chi connectivity index (χ4n) is 1.93. The molecule has 21 heavy (non-hydrogen) atoms. The molecule has 0 saturated carbocycles. The van der Waals surface area contributed by atoms with E-state index in [1.807, 2.05) is 6.92 Å². The van der Waals surface area contributed by atoms with Gasteiger partial charge in [-0.2, -0.15) is 0 Å². The van der Waals surface area contributed by atoms with E-state index in [1.54, 1.807) is 25.1 Å². The second-order valence-electron chi connectivity index (χ2n) is 5.06. The lowest BCUT2D eigenvalue weighted by molar-refractivity contribution is -0.138. The first-order valence-electron chi connectivity index (χ1n) is 6.67. The fourth-order valence-corrected chi connectivity index (χ4v) is 1.93. The van der Waals surface area contributed by atoms with Crippen LogP contribution in [0.4, 0.5) is 5.69 Å². The van der Waals surface area contributed by atoms with Gasteiger partial charge in [-0.1, -0.05) is 13.0 Å². The number of hydrogen-bond acceptors (Lipinski definition) is 3. The summed E-state index contributed by atoms with van der Waals surface area (Å²) in [7, 11) is 1.54. The van der Waals surface area contributed by atoms with Crippen LogP contribution in [0.5, 0.6) is 0 Å². The van der Waals surface area contributed by atoms with Gasteiger partial charge in [0.2, 0.25) is 5.91 Å². The number of hydrogen-bond donors (Lipinski definition) is 3. The molecule has 1 rings (SSSR count). The molecule has 0 spiro atoms. The quantitative estimate of drug-likeness (QED) is 0.745. The molecule has 6 nitrogen and oxygen atoms in total. The van der Waals surface area contributed by atoms with Crippen molar-refractivity contribution in [1.29, 1.82) is 0 Å². The summed E-state index contributed by atoms with van der Waals surface area (Å²) >= 11 is 0. The van der Waals surface area contributed by atoms with Crippen LogP contribution < -0.4 is 10.6 Å². The van der Waals surface area contributed by atoms with Gasteiger partial charge in [-0.15, -0.1) is 0 Å². The zero-order valence-corrected chi connectivity index (χ0v) is 12.4. The summed E-state index contributed by atoms with van der Waals surface area (Å²) < 4.78 is 0. The summed E-state index contributed by atoms with van der Waals surface area (Å²) in [6.07, 6.45) is 0.0701. The van der Waals surface area contributed by atoms with Gasteiger partial charge >= 0.3 is 5.97 Å². The molecule has 0 aliphatic rings. The maximum atomic E-state index is 11.9. The Morgan fingerprint density at radius 3 is 2.48 bits per heavy atom. The zero-order chi connectivity index (χ0) is 16.0.